The van der Waals surface area contributed by atoms with Crippen LogP contribution in [0.1, 0.15) is 70.3 Å². The van der Waals surface area contributed by atoms with Gasteiger partial charge in [0.05, 0.1) is 25.0 Å². The van der Waals surface area contributed by atoms with E-state index in [-0.39, 0.29) is 17.6 Å². The van der Waals surface area contributed by atoms with Gasteiger partial charge in [-0.05, 0) is 49.5 Å². The number of aryl methyl sites for hydroxylation is 1. The van der Waals surface area contributed by atoms with E-state index in [4.69, 9.17) is 9.47 Å². The van der Waals surface area contributed by atoms with E-state index in [0.717, 1.165) is 37.0 Å². The molecule has 2 aliphatic carbocycles. The van der Waals surface area contributed by atoms with Gasteiger partial charge in [0.25, 0.3) is 5.91 Å². The standard InChI is InChI=1S/C28H30N2O5/c1-4-5-6-13-35-20-10-7-18(8-11-20)9-12-23(32)30-16-19-15-28(19)22(30)14-21(31)26-25(28)24(17(2)29-26)27(33)34-3/h7-12,14,19,29H,4-6,13,15-16H2,1-3H3/b12-9+/t19-,28+/m1/s1. The number of methoxy groups -OCH3 is 1. The lowest BCUT2D eigenvalue weighted by molar-refractivity contribution is -0.123. The quantitative estimate of drug-likeness (QED) is 0.344. The number of benzene rings is 1. The van der Waals surface area contributed by atoms with Crippen molar-refractivity contribution in [3.63, 3.8) is 0 Å². The Morgan fingerprint density at radius 3 is 2.71 bits per heavy atom. The third-order valence-corrected chi connectivity index (χ3v) is 7.37. The van der Waals surface area contributed by atoms with Crippen molar-refractivity contribution in [1.82, 2.24) is 9.88 Å². The van der Waals surface area contributed by atoms with E-state index in [2.05, 4.69) is 11.9 Å². The molecule has 0 bridgehead atoms. The van der Waals surface area contributed by atoms with Crippen molar-refractivity contribution in [2.24, 2.45) is 5.92 Å². The number of nitrogens with zero attached hydrogens (tertiary/aromatic N) is 1. The number of aromatic amines is 1. The molecule has 0 radical (unpaired) electrons. The summed E-state index contributed by atoms with van der Waals surface area (Å²) in [6, 6.07) is 7.65. The largest absolute Gasteiger partial charge is 0.494 e. The Balaban J connectivity index is 1.33. The summed E-state index contributed by atoms with van der Waals surface area (Å²) >= 11 is 0. The summed E-state index contributed by atoms with van der Waals surface area (Å²) in [7, 11) is 1.34. The van der Waals surface area contributed by atoms with Crippen LogP contribution in [-0.4, -0.2) is 47.8 Å². The van der Waals surface area contributed by atoms with Gasteiger partial charge in [0.2, 0.25) is 5.78 Å². The first-order valence-corrected chi connectivity index (χ1v) is 12.2. The van der Waals surface area contributed by atoms with Crippen LogP contribution in [-0.2, 0) is 14.9 Å². The van der Waals surface area contributed by atoms with E-state index < -0.39 is 11.4 Å². The van der Waals surface area contributed by atoms with Gasteiger partial charge in [-0.3, -0.25) is 9.59 Å². The van der Waals surface area contributed by atoms with Crippen LogP contribution in [0.2, 0.25) is 0 Å². The minimum atomic E-state index is -0.474. The summed E-state index contributed by atoms with van der Waals surface area (Å²) in [4.78, 5) is 43.4. The van der Waals surface area contributed by atoms with Gasteiger partial charge in [0.1, 0.15) is 5.75 Å². The molecule has 1 N–H and O–H groups in total. The van der Waals surface area contributed by atoms with Crippen molar-refractivity contribution in [3.05, 3.63) is 70.2 Å². The van der Waals surface area contributed by atoms with Crippen molar-refractivity contribution in [2.45, 2.75) is 44.9 Å². The molecule has 1 saturated heterocycles. The molecule has 7 nitrogen and oxygen atoms in total. The molecule has 5 rings (SSSR count). The highest BCUT2D eigenvalue weighted by atomic mass is 16.5. The van der Waals surface area contributed by atoms with Crippen LogP contribution in [0.3, 0.4) is 0 Å². The second kappa shape index (κ2) is 8.87. The number of carbonyl (C=O) groups is 3. The Morgan fingerprint density at radius 1 is 1.23 bits per heavy atom. The van der Waals surface area contributed by atoms with Gasteiger partial charge >= 0.3 is 5.97 Å². The van der Waals surface area contributed by atoms with Gasteiger partial charge in [0, 0.05) is 41.1 Å². The highest BCUT2D eigenvalue weighted by Gasteiger charge is 2.68. The molecule has 2 heterocycles. The number of nitrogens with one attached hydrogen (secondary N) is 1. The van der Waals surface area contributed by atoms with Crippen LogP contribution in [0.5, 0.6) is 5.75 Å². The molecular weight excluding hydrogens is 444 g/mol. The fourth-order valence-corrected chi connectivity index (χ4v) is 5.56. The van der Waals surface area contributed by atoms with Crippen molar-refractivity contribution in [3.8, 4) is 5.75 Å². The second-order valence-electron chi connectivity index (χ2n) is 9.54. The van der Waals surface area contributed by atoms with Crippen LogP contribution in [0.25, 0.3) is 6.08 Å². The number of hydrogen-bond donors (Lipinski definition) is 1. The molecule has 35 heavy (non-hydrogen) atoms. The zero-order chi connectivity index (χ0) is 24.7. The van der Waals surface area contributed by atoms with Crippen molar-refractivity contribution < 1.29 is 23.9 Å². The number of piperidine rings is 1. The average Bonchev–Trinajstić information content (AvgIpc) is 3.31. The molecule has 3 aliphatic rings. The van der Waals surface area contributed by atoms with E-state index in [1.807, 2.05) is 24.3 Å². The van der Waals surface area contributed by atoms with E-state index in [1.165, 1.54) is 7.11 Å². The molecule has 1 aromatic heterocycles. The lowest BCUT2D eigenvalue weighted by Crippen LogP contribution is -2.33. The zero-order valence-electron chi connectivity index (χ0n) is 20.3. The Hall–Kier alpha value is -3.61. The molecular formula is C28H30N2O5. The Kier molecular flexibility index (Phi) is 5.87. The summed E-state index contributed by atoms with van der Waals surface area (Å²) in [5.74, 6) is 0.141. The number of esters is 1. The number of aromatic nitrogens is 1. The molecule has 2 fully saturated rings. The van der Waals surface area contributed by atoms with E-state index in [1.54, 1.807) is 30.1 Å². The number of amides is 1. The van der Waals surface area contributed by atoms with Crippen molar-refractivity contribution in [2.75, 3.05) is 20.3 Å². The lowest BCUT2D eigenvalue weighted by Gasteiger charge is -2.27. The number of H-pyrrole nitrogens is 1. The molecule has 182 valence electrons. The number of allylic oxidation sites excluding steroid dienone is 2. The molecule has 1 aromatic carbocycles. The third-order valence-electron chi connectivity index (χ3n) is 7.37. The molecule has 1 spiro atoms. The van der Waals surface area contributed by atoms with Gasteiger partial charge < -0.3 is 19.4 Å². The maximum absolute atomic E-state index is 13.2. The first-order chi connectivity index (χ1) is 16.9. The van der Waals surface area contributed by atoms with Crippen LogP contribution in [0, 0.1) is 12.8 Å². The molecule has 7 heteroatoms. The summed E-state index contributed by atoms with van der Waals surface area (Å²) in [5.41, 5.74) is 3.29. The number of unbranched alkanes of at least 4 members (excludes halogenated alkanes) is 2. The fourth-order valence-electron chi connectivity index (χ4n) is 5.56. The average molecular weight is 475 g/mol. The van der Waals surface area contributed by atoms with Crippen LogP contribution < -0.4 is 4.74 Å². The van der Waals surface area contributed by atoms with E-state index >= 15 is 0 Å². The van der Waals surface area contributed by atoms with Crippen molar-refractivity contribution in [1.29, 1.82) is 0 Å². The number of carbonyl (C=O) groups excluding carboxylic acids is 3. The van der Waals surface area contributed by atoms with Crippen molar-refractivity contribution >= 4 is 23.7 Å². The first-order valence-electron chi connectivity index (χ1n) is 12.2. The second-order valence-corrected chi connectivity index (χ2v) is 9.54. The predicted octanol–water partition coefficient (Wildman–Crippen LogP) is 4.57. The Morgan fingerprint density at radius 2 is 2.00 bits per heavy atom. The summed E-state index contributed by atoms with van der Waals surface area (Å²) in [5, 5.41) is 0. The van der Waals surface area contributed by atoms with Crippen LogP contribution >= 0.6 is 0 Å². The number of ether oxygens (including phenoxy) is 2. The molecule has 2 atom stereocenters. The molecule has 1 saturated carbocycles. The highest BCUT2D eigenvalue weighted by Crippen LogP contribution is 2.67. The summed E-state index contributed by atoms with van der Waals surface area (Å²) in [6.07, 6.45) is 9.03. The van der Waals surface area contributed by atoms with Crippen LogP contribution in [0.15, 0.2) is 42.1 Å². The van der Waals surface area contributed by atoms with Crippen LogP contribution in [0.4, 0.5) is 0 Å². The number of likely N-dealkylation sites (tertiary alicyclic amines) is 1. The fraction of sp³-hybridized carbons (Fsp3) is 0.393. The number of ketones is 1. The summed E-state index contributed by atoms with van der Waals surface area (Å²) < 4.78 is 10.7. The third kappa shape index (κ3) is 3.79. The number of fused-ring (bicyclic) bond motifs is 1. The number of rotatable bonds is 8. The maximum Gasteiger partial charge on any atom is 0.340 e. The predicted molar refractivity (Wildman–Crippen MR) is 131 cm³/mol. The zero-order valence-corrected chi connectivity index (χ0v) is 20.3. The summed E-state index contributed by atoms with van der Waals surface area (Å²) in [6.45, 7) is 5.16. The van der Waals surface area contributed by atoms with Gasteiger partial charge in [-0.15, -0.1) is 0 Å². The Labute approximate surface area is 204 Å². The van der Waals surface area contributed by atoms with Gasteiger partial charge in [0.15, 0.2) is 0 Å². The monoisotopic (exact) mass is 474 g/mol. The lowest BCUT2D eigenvalue weighted by atomic mass is 9.82. The molecule has 1 aliphatic heterocycles. The minimum Gasteiger partial charge on any atom is -0.494 e. The smallest absolute Gasteiger partial charge is 0.340 e. The van der Waals surface area contributed by atoms with Gasteiger partial charge in [-0.25, -0.2) is 4.79 Å². The molecule has 0 unspecified atom stereocenters. The molecule has 1 amide bonds. The highest BCUT2D eigenvalue weighted by molar-refractivity contribution is 6.11. The van der Waals surface area contributed by atoms with E-state index in [0.29, 0.717) is 41.4 Å². The minimum absolute atomic E-state index is 0.175. The number of hydrogen-bond acceptors (Lipinski definition) is 5. The van der Waals surface area contributed by atoms with Gasteiger partial charge in [-0.2, -0.15) is 0 Å². The normalized spacial score (nSPS) is 21.9. The van der Waals surface area contributed by atoms with E-state index in [9.17, 15) is 14.4 Å². The van der Waals surface area contributed by atoms with Gasteiger partial charge in [-0.1, -0.05) is 31.9 Å². The SMILES string of the molecule is CCCCCOc1ccc(/C=C/C(=O)N2C[C@H]3C[C@@]34C2=CC(=O)c2[nH]c(C)c(C(=O)OC)c24)cc1. The first kappa shape index (κ1) is 23.1. The topological polar surface area (TPSA) is 88.7 Å². The maximum atomic E-state index is 13.2. The molecule has 2 aromatic rings. The Bertz CT molecular complexity index is 1250.